The molecule has 6 rings (SSSR count). The van der Waals surface area contributed by atoms with E-state index < -0.39 is 29.0 Å². The number of thioether (sulfide) groups is 1. The van der Waals surface area contributed by atoms with Crippen LogP contribution in [-0.2, 0) is 25.5 Å². The fraction of sp³-hybridized carbons (Fsp3) is 0.548. The maximum Gasteiger partial charge on any atom is 0.333 e. The molecule has 0 saturated heterocycles. The molecular weight excluding hydrogens is 559 g/mol. The van der Waals surface area contributed by atoms with Crippen LogP contribution in [-0.4, -0.2) is 62.3 Å². The Morgan fingerprint density at radius 1 is 1.29 bits per heavy atom. The first-order chi connectivity index (χ1) is 20.0. The Balaban J connectivity index is 1.41. The number of hydrogen-bond acceptors (Lipinski definition) is 9. The Hall–Kier alpha value is -2.86. The standard InChI is InChI=1S/C31H37FN4O5S/c1-17-9-20-21-7-8-31(28(39)42-16-33,41-26(38)15-40-4)30(21,3)12-24(37)27(20)29(2)11-18-13-35-36(23(18)10-22(17)29)19-5-6-25(32)34-14-19/h5-6,9-10,13-14,20-21,24,27,37H,7-8,11-12,15-16,33H2,1-4H3/t20-,21?,24-,27?,29-,30-,31-/m0/s1. The molecule has 0 aliphatic heterocycles. The fourth-order valence-electron chi connectivity index (χ4n) is 8.83. The van der Waals surface area contributed by atoms with Gasteiger partial charge in [0.05, 0.1) is 29.9 Å². The lowest BCUT2D eigenvalue weighted by Crippen LogP contribution is -2.62. The minimum atomic E-state index is -1.40. The van der Waals surface area contributed by atoms with E-state index in [1.165, 1.54) is 19.4 Å². The van der Waals surface area contributed by atoms with E-state index in [1.54, 1.807) is 10.7 Å². The molecule has 11 heteroatoms. The lowest BCUT2D eigenvalue weighted by Gasteiger charge is -2.59. The molecule has 4 aliphatic carbocycles. The number of carbonyl (C=O) groups excluding carboxylic acids is 2. The number of halogens is 1. The topological polar surface area (TPSA) is 130 Å². The van der Waals surface area contributed by atoms with E-state index in [-0.39, 0.29) is 40.8 Å². The summed E-state index contributed by atoms with van der Waals surface area (Å²) >= 11 is 0.964. The normalized spacial score (nSPS) is 34.8. The maximum absolute atomic E-state index is 13.7. The van der Waals surface area contributed by atoms with Gasteiger partial charge in [-0.05, 0) is 73.8 Å². The SMILES string of the molecule is COCC(=O)O[C@]1(C(=O)SCN)CCC2[C@@H]3C=C(C)C4=Cc5c(cnn5-c5ccc(F)nc5)C[C@]4(C)C3[C@@H](O)C[C@@]21C. The van der Waals surface area contributed by atoms with E-state index in [2.05, 4.69) is 36.1 Å². The minimum Gasteiger partial charge on any atom is -0.448 e. The molecule has 4 aliphatic rings. The molecule has 9 nitrogen and oxygen atoms in total. The number of aliphatic hydroxyl groups excluding tert-OH is 1. The highest BCUT2D eigenvalue weighted by Crippen LogP contribution is 2.68. The van der Waals surface area contributed by atoms with Crippen LogP contribution in [0.5, 0.6) is 0 Å². The zero-order valence-electron chi connectivity index (χ0n) is 24.3. The number of hydrogen-bond donors (Lipinski definition) is 2. The number of allylic oxidation sites excluding steroid dienone is 3. The monoisotopic (exact) mass is 596 g/mol. The Morgan fingerprint density at radius 2 is 2.07 bits per heavy atom. The average molecular weight is 597 g/mol. The van der Waals surface area contributed by atoms with Crippen molar-refractivity contribution in [2.45, 2.75) is 58.2 Å². The second-order valence-electron chi connectivity index (χ2n) is 12.6. The first-order valence-electron chi connectivity index (χ1n) is 14.3. The molecule has 2 heterocycles. The number of carbonyl (C=O) groups is 2. The third kappa shape index (κ3) is 4.15. The number of esters is 1. The number of aromatic nitrogens is 3. The lowest BCUT2D eigenvalue weighted by molar-refractivity contribution is -0.194. The van der Waals surface area contributed by atoms with Crippen LogP contribution in [0.3, 0.4) is 0 Å². The summed E-state index contributed by atoms with van der Waals surface area (Å²) in [4.78, 5) is 30.3. The predicted octanol–water partition coefficient (Wildman–Crippen LogP) is 3.83. The van der Waals surface area contributed by atoms with Crippen molar-refractivity contribution in [2.75, 3.05) is 19.6 Å². The molecule has 42 heavy (non-hydrogen) atoms. The summed E-state index contributed by atoms with van der Waals surface area (Å²) in [5.41, 5.74) is 8.09. The van der Waals surface area contributed by atoms with Crippen molar-refractivity contribution in [1.29, 1.82) is 0 Å². The minimum absolute atomic E-state index is 0.00584. The van der Waals surface area contributed by atoms with Crippen LogP contribution in [0, 0.1) is 34.5 Å². The number of nitrogens with zero attached hydrogens (tertiary/aromatic N) is 3. The first-order valence-corrected chi connectivity index (χ1v) is 15.3. The van der Waals surface area contributed by atoms with E-state index in [0.717, 1.165) is 34.2 Å². The van der Waals surface area contributed by atoms with Gasteiger partial charge >= 0.3 is 5.97 Å². The molecule has 0 bridgehead atoms. The molecule has 224 valence electrons. The summed E-state index contributed by atoms with van der Waals surface area (Å²) in [6, 6.07) is 2.98. The van der Waals surface area contributed by atoms with Gasteiger partial charge in [0.25, 0.3) is 0 Å². The van der Waals surface area contributed by atoms with Crippen molar-refractivity contribution in [3.63, 3.8) is 0 Å². The Labute approximate surface area is 248 Å². The van der Waals surface area contributed by atoms with Crippen molar-refractivity contribution in [2.24, 2.45) is 34.3 Å². The summed E-state index contributed by atoms with van der Waals surface area (Å²) in [5, 5.41) is 16.4. The van der Waals surface area contributed by atoms with Gasteiger partial charge in [-0.3, -0.25) is 4.79 Å². The molecule has 0 aromatic carbocycles. The van der Waals surface area contributed by atoms with Gasteiger partial charge in [0.15, 0.2) is 5.60 Å². The van der Waals surface area contributed by atoms with E-state index in [4.69, 9.17) is 15.2 Å². The van der Waals surface area contributed by atoms with Crippen molar-refractivity contribution in [3.05, 3.63) is 59.0 Å². The number of nitrogens with two attached hydrogens (primary N) is 1. The van der Waals surface area contributed by atoms with Crippen molar-refractivity contribution < 1.29 is 28.6 Å². The van der Waals surface area contributed by atoms with Crippen LogP contribution >= 0.6 is 11.8 Å². The highest BCUT2D eigenvalue weighted by molar-refractivity contribution is 8.13. The van der Waals surface area contributed by atoms with Crippen LogP contribution in [0.4, 0.5) is 4.39 Å². The predicted molar refractivity (Wildman–Crippen MR) is 156 cm³/mol. The van der Waals surface area contributed by atoms with Gasteiger partial charge in [0.1, 0.15) is 6.61 Å². The van der Waals surface area contributed by atoms with Crippen LogP contribution in [0.1, 0.15) is 51.3 Å². The number of aliphatic hydroxyl groups is 1. The molecule has 0 spiro atoms. The van der Waals surface area contributed by atoms with Gasteiger partial charge < -0.3 is 20.3 Å². The quantitative estimate of drug-likeness (QED) is 0.290. The highest BCUT2D eigenvalue weighted by Gasteiger charge is 2.70. The van der Waals surface area contributed by atoms with Crippen LogP contribution in [0.25, 0.3) is 11.8 Å². The summed E-state index contributed by atoms with van der Waals surface area (Å²) in [7, 11) is 1.41. The number of ether oxygens (including phenoxy) is 2. The fourth-order valence-corrected chi connectivity index (χ4v) is 9.59. The molecule has 0 radical (unpaired) electrons. The van der Waals surface area contributed by atoms with Crippen molar-refractivity contribution in [3.8, 4) is 5.69 Å². The summed E-state index contributed by atoms with van der Waals surface area (Å²) in [6.07, 6.45) is 9.01. The highest BCUT2D eigenvalue weighted by atomic mass is 32.2. The number of rotatable bonds is 6. The summed E-state index contributed by atoms with van der Waals surface area (Å²) in [6.45, 7) is 6.05. The molecule has 7 atom stereocenters. The number of methoxy groups -OCH3 is 1. The molecule has 2 aromatic rings. The molecule has 2 unspecified atom stereocenters. The van der Waals surface area contributed by atoms with Crippen molar-refractivity contribution >= 4 is 28.9 Å². The van der Waals surface area contributed by atoms with Crippen LogP contribution in [0.15, 0.2) is 41.7 Å². The zero-order valence-corrected chi connectivity index (χ0v) is 25.1. The van der Waals surface area contributed by atoms with E-state index >= 15 is 0 Å². The Bertz CT molecular complexity index is 1490. The second-order valence-corrected chi connectivity index (χ2v) is 13.6. The van der Waals surface area contributed by atoms with Crippen LogP contribution in [0.2, 0.25) is 0 Å². The van der Waals surface area contributed by atoms with Gasteiger partial charge in [-0.15, -0.1) is 0 Å². The third-order valence-corrected chi connectivity index (χ3v) is 11.2. The van der Waals surface area contributed by atoms with E-state index in [0.29, 0.717) is 31.4 Å². The van der Waals surface area contributed by atoms with Gasteiger partial charge in [-0.25, -0.2) is 14.5 Å². The Morgan fingerprint density at radius 3 is 2.76 bits per heavy atom. The van der Waals surface area contributed by atoms with Gasteiger partial charge in [0, 0.05) is 29.7 Å². The third-order valence-electron chi connectivity index (χ3n) is 10.5. The van der Waals surface area contributed by atoms with E-state index in [9.17, 15) is 19.1 Å². The zero-order chi connectivity index (χ0) is 30.0. The summed E-state index contributed by atoms with van der Waals surface area (Å²) in [5.74, 6) is -1.20. The largest absolute Gasteiger partial charge is 0.448 e. The molecule has 2 fully saturated rings. The molecular formula is C31H37FN4O5S. The lowest BCUT2D eigenvalue weighted by atomic mass is 9.46. The summed E-state index contributed by atoms with van der Waals surface area (Å²) < 4.78 is 26.3. The van der Waals surface area contributed by atoms with Gasteiger partial charge in [-0.1, -0.05) is 37.3 Å². The number of fused-ring (bicyclic) bond motifs is 6. The number of pyridine rings is 1. The van der Waals surface area contributed by atoms with Gasteiger partial charge in [0.2, 0.25) is 11.1 Å². The molecule has 0 amide bonds. The van der Waals surface area contributed by atoms with Crippen LogP contribution < -0.4 is 5.73 Å². The smallest absolute Gasteiger partial charge is 0.333 e. The van der Waals surface area contributed by atoms with E-state index in [1.807, 2.05) is 13.1 Å². The average Bonchev–Trinajstić information content (AvgIpc) is 3.46. The van der Waals surface area contributed by atoms with Gasteiger partial charge in [-0.2, -0.15) is 9.49 Å². The first kappa shape index (κ1) is 29.2. The maximum atomic E-state index is 13.7. The van der Waals surface area contributed by atoms with Crippen molar-refractivity contribution in [1.82, 2.24) is 14.8 Å². The second kappa shape index (κ2) is 10.4. The Kier molecular flexibility index (Phi) is 7.23. The molecule has 2 saturated carbocycles. The molecule has 2 aromatic heterocycles. The molecule has 3 N–H and O–H groups in total.